The van der Waals surface area contributed by atoms with Gasteiger partial charge in [0.2, 0.25) is 0 Å². The molecule has 30 heavy (non-hydrogen) atoms. The maximum Gasteiger partial charge on any atom is 0.339 e. The summed E-state index contributed by atoms with van der Waals surface area (Å²) in [4.78, 5) is 17.1. The summed E-state index contributed by atoms with van der Waals surface area (Å²) in [5.74, 6) is -0.713. The van der Waals surface area contributed by atoms with Crippen LogP contribution in [0.1, 0.15) is 15.4 Å². The second-order valence-electron chi connectivity index (χ2n) is 6.46. The Morgan fingerprint density at radius 1 is 0.967 bits per heavy atom. The molecule has 0 amide bonds. The molecule has 0 aliphatic rings. The molecule has 0 fully saturated rings. The van der Waals surface area contributed by atoms with Gasteiger partial charge in [-0.25, -0.2) is 18.2 Å². The van der Waals surface area contributed by atoms with Crippen LogP contribution in [0.2, 0.25) is 0 Å². The first kappa shape index (κ1) is 20.1. The van der Waals surface area contributed by atoms with Crippen LogP contribution in [0, 0.1) is 0 Å². The monoisotopic (exact) mass is 438 g/mol. The first-order valence-corrected chi connectivity index (χ1v) is 11.4. The highest BCUT2D eigenvalue weighted by Crippen LogP contribution is 2.26. The van der Waals surface area contributed by atoms with Gasteiger partial charge in [-0.3, -0.25) is 4.31 Å². The molecule has 6 nitrogen and oxygen atoms in total. The molecule has 0 aliphatic heterocycles. The van der Waals surface area contributed by atoms with E-state index in [1.807, 2.05) is 24.3 Å². The van der Waals surface area contributed by atoms with Crippen molar-refractivity contribution in [1.82, 2.24) is 4.98 Å². The van der Waals surface area contributed by atoms with E-state index in [1.54, 1.807) is 42.5 Å². The minimum Gasteiger partial charge on any atom is -0.455 e. The van der Waals surface area contributed by atoms with Crippen LogP contribution < -0.4 is 4.31 Å². The average Bonchev–Trinajstić information content (AvgIpc) is 3.20. The Bertz CT molecular complexity index is 1270. The summed E-state index contributed by atoms with van der Waals surface area (Å²) in [6.45, 7) is -0.0267. The summed E-state index contributed by atoms with van der Waals surface area (Å²) < 4.78 is 33.8. The van der Waals surface area contributed by atoms with Gasteiger partial charge in [-0.1, -0.05) is 42.5 Å². The Kier molecular flexibility index (Phi) is 5.52. The maximum absolute atomic E-state index is 13.2. The third-order valence-corrected chi connectivity index (χ3v) is 7.38. The standard InChI is InChI=1S/C22H18N2O4S2/c1-24(16-9-3-2-4-10-16)30(26,27)20-14-8-5-11-17(20)22(25)28-15-21-23-18-12-6-7-13-19(18)29-21/h2-14H,15H2,1H3. The number of carbonyl (C=O) groups excluding carboxylic acids is 1. The van der Waals surface area contributed by atoms with Crippen molar-refractivity contribution in [2.45, 2.75) is 11.5 Å². The zero-order chi connectivity index (χ0) is 21.1. The number of esters is 1. The fourth-order valence-corrected chi connectivity index (χ4v) is 5.23. The Balaban J connectivity index is 1.58. The molecule has 0 bridgehead atoms. The number of hydrogen-bond donors (Lipinski definition) is 0. The van der Waals surface area contributed by atoms with E-state index in [0.717, 1.165) is 14.5 Å². The average molecular weight is 439 g/mol. The van der Waals surface area contributed by atoms with Crippen LogP contribution in [0.25, 0.3) is 10.2 Å². The van der Waals surface area contributed by atoms with E-state index in [4.69, 9.17) is 4.74 Å². The van der Waals surface area contributed by atoms with Crippen LogP contribution in [0.4, 0.5) is 5.69 Å². The molecular formula is C22H18N2O4S2. The number of carbonyl (C=O) groups is 1. The van der Waals surface area contributed by atoms with Crippen molar-refractivity contribution < 1.29 is 17.9 Å². The Labute approximate surface area is 178 Å². The molecule has 0 saturated carbocycles. The lowest BCUT2D eigenvalue weighted by atomic mass is 10.2. The van der Waals surface area contributed by atoms with Gasteiger partial charge in [0.05, 0.1) is 21.5 Å². The van der Waals surface area contributed by atoms with E-state index in [-0.39, 0.29) is 17.1 Å². The van der Waals surface area contributed by atoms with Crippen LogP contribution in [0.15, 0.2) is 83.8 Å². The lowest BCUT2D eigenvalue weighted by Crippen LogP contribution is -2.28. The van der Waals surface area contributed by atoms with Gasteiger partial charge in [-0.2, -0.15) is 0 Å². The van der Waals surface area contributed by atoms with Crippen molar-refractivity contribution in [3.63, 3.8) is 0 Å². The van der Waals surface area contributed by atoms with Crippen LogP contribution in [-0.4, -0.2) is 26.4 Å². The number of hydrogen-bond acceptors (Lipinski definition) is 6. The number of sulfonamides is 1. The predicted molar refractivity (Wildman–Crippen MR) is 117 cm³/mol. The molecule has 152 valence electrons. The molecule has 0 radical (unpaired) electrons. The zero-order valence-electron chi connectivity index (χ0n) is 16.1. The highest BCUT2D eigenvalue weighted by Gasteiger charge is 2.27. The summed E-state index contributed by atoms with van der Waals surface area (Å²) in [6, 6.07) is 22.4. The summed E-state index contributed by atoms with van der Waals surface area (Å²) in [5, 5.41) is 0.645. The predicted octanol–water partition coefficient (Wildman–Crippen LogP) is 4.48. The number of para-hydroxylation sites is 2. The van der Waals surface area contributed by atoms with E-state index in [2.05, 4.69) is 4.98 Å². The van der Waals surface area contributed by atoms with E-state index < -0.39 is 16.0 Å². The van der Waals surface area contributed by atoms with Gasteiger partial charge in [0.15, 0.2) is 0 Å². The van der Waals surface area contributed by atoms with Gasteiger partial charge in [0, 0.05) is 7.05 Å². The van der Waals surface area contributed by atoms with Gasteiger partial charge in [-0.05, 0) is 36.4 Å². The SMILES string of the molecule is CN(c1ccccc1)S(=O)(=O)c1ccccc1C(=O)OCc1nc2ccccc2s1. The maximum atomic E-state index is 13.2. The Morgan fingerprint density at radius 3 is 2.40 bits per heavy atom. The Morgan fingerprint density at radius 2 is 1.63 bits per heavy atom. The van der Waals surface area contributed by atoms with Gasteiger partial charge >= 0.3 is 5.97 Å². The summed E-state index contributed by atoms with van der Waals surface area (Å²) in [5.41, 5.74) is 1.32. The zero-order valence-corrected chi connectivity index (χ0v) is 17.7. The fraction of sp³-hybridized carbons (Fsp3) is 0.0909. The van der Waals surface area contributed by atoms with Crippen molar-refractivity contribution in [3.8, 4) is 0 Å². The largest absolute Gasteiger partial charge is 0.455 e. The molecular weight excluding hydrogens is 420 g/mol. The van der Waals surface area contributed by atoms with E-state index in [1.165, 1.54) is 30.5 Å². The topological polar surface area (TPSA) is 76.6 Å². The first-order chi connectivity index (χ1) is 14.5. The second kappa shape index (κ2) is 8.25. The fourth-order valence-electron chi connectivity index (χ4n) is 2.97. The molecule has 1 aromatic heterocycles. The molecule has 4 aromatic rings. The molecule has 0 N–H and O–H groups in total. The van der Waals surface area contributed by atoms with Crippen molar-refractivity contribution in [2.24, 2.45) is 0 Å². The smallest absolute Gasteiger partial charge is 0.339 e. The molecule has 0 unspecified atom stereocenters. The summed E-state index contributed by atoms with van der Waals surface area (Å²) in [7, 11) is -2.50. The molecule has 0 spiro atoms. The van der Waals surface area contributed by atoms with E-state index in [0.29, 0.717) is 10.7 Å². The van der Waals surface area contributed by atoms with Crippen molar-refractivity contribution in [2.75, 3.05) is 11.4 Å². The molecule has 1 heterocycles. The third kappa shape index (κ3) is 3.92. The van der Waals surface area contributed by atoms with Gasteiger partial charge in [0.25, 0.3) is 10.0 Å². The molecule has 3 aromatic carbocycles. The number of fused-ring (bicyclic) bond motifs is 1. The van der Waals surface area contributed by atoms with Crippen LogP contribution in [-0.2, 0) is 21.4 Å². The normalized spacial score (nSPS) is 11.4. The van der Waals surface area contributed by atoms with Crippen LogP contribution in [0.3, 0.4) is 0 Å². The van der Waals surface area contributed by atoms with Crippen molar-refractivity contribution in [3.05, 3.63) is 89.4 Å². The minimum atomic E-state index is -3.95. The number of nitrogens with zero attached hydrogens (tertiary/aromatic N) is 2. The quantitative estimate of drug-likeness (QED) is 0.415. The minimum absolute atomic E-state index is 0.0126. The number of aromatic nitrogens is 1. The first-order valence-electron chi connectivity index (χ1n) is 9.11. The molecule has 8 heteroatoms. The van der Waals surface area contributed by atoms with E-state index >= 15 is 0 Å². The number of thiazole rings is 1. The van der Waals surface area contributed by atoms with Crippen molar-refractivity contribution >= 4 is 43.2 Å². The third-order valence-electron chi connectivity index (χ3n) is 4.53. The summed E-state index contributed by atoms with van der Waals surface area (Å²) in [6.07, 6.45) is 0. The van der Waals surface area contributed by atoms with Gasteiger partial charge in [-0.15, -0.1) is 11.3 Å². The number of benzene rings is 3. The second-order valence-corrected chi connectivity index (χ2v) is 9.51. The highest BCUT2D eigenvalue weighted by molar-refractivity contribution is 7.92. The van der Waals surface area contributed by atoms with Crippen molar-refractivity contribution in [1.29, 1.82) is 0 Å². The van der Waals surface area contributed by atoms with Crippen LogP contribution >= 0.6 is 11.3 Å². The van der Waals surface area contributed by atoms with Gasteiger partial charge < -0.3 is 4.74 Å². The molecule has 0 aliphatic carbocycles. The van der Waals surface area contributed by atoms with Crippen LogP contribution in [0.5, 0.6) is 0 Å². The highest BCUT2D eigenvalue weighted by atomic mass is 32.2. The lowest BCUT2D eigenvalue weighted by Gasteiger charge is -2.20. The van der Waals surface area contributed by atoms with Gasteiger partial charge in [0.1, 0.15) is 16.5 Å². The number of ether oxygens (including phenoxy) is 1. The lowest BCUT2D eigenvalue weighted by molar-refractivity contribution is 0.0468. The Hall–Kier alpha value is -3.23. The number of rotatable bonds is 6. The van der Waals surface area contributed by atoms with E-state index in [9.17, 15) is 13.2 Å². The number of anilines is 1. The molecule has 0 saturated heterocycles. The molecule has 4 rings (SSSR count). The summed E-state index contributed by atoms with van der Waals surface area (Å²) >= 11 is 1.43. The molecule has 0 atom stereocenters.